The van der Waals surface area contributed by atoms with Crippen LogP contribution in [0.1, 0.15) is 74.9 Å². The summed E-state index contributed by atoms with van der Waals surface area (Å²) in [5.74, 6) is -7.04. The fraction of sp³-hybridized carbons (Fsp3) is 0.278. The molecule has 0 aliphatic heterocycles. The molecule has 3 atom stereocenters. The topological polar surface area (TPSA) is 120 Å². The highest BCUT2D eigenvalue weighted by Crippen LogP contribution is 2.40. The van der Waals surface area contributed by atoms with Gasteiger partial charge < -0.3 is 25.8 Å². The quantitative estimate of drug-likeness (QED) is 0.0517. The molecule has 1 unspecified atom stereocenters. The molecular weight excluding hydrogens is 999 g/mol. The van der Waals surface area contributed by atoms with Gasteiger partial charge in [-0.3, -0.25) is 14.4 Å². The molecule has 0 spiro atoms. The van der Waals surface area contributed by atoms with Crippen LogP contribution in [0.5, 0.6) is 11.5 Å². The highest BCUT2D eigenvalue weighted by Gasteiger charge is 2.46. The Hall–Kier alpha value is -7.35. The number of Topliss-reactive ketones (excluding diaryl/α,β-unsaturated/α-hetero) is 1. The molecule has 0 saturated heterocycles. The summed E-state index contributed by atoms with van der Waals surface area (Å²) in [6, 6.07) is 30.9. The van der Waals surface area contributed by atoms with Gasteiger partial charge in [0.2, 0.25) is 11.8 Å². The highest BCUT2D eigenvalue weighted by atomic mass is 19.3. The van der Waals surface area contributed by atoms with Crippen LogP contribution < -0.4 is 25.8 Å². The van der Waals surface area contributed by atoms with Crippen molar-refractivity contribution in [3.8, 4) is 11.5 Å². The summed E-state index contributed by atoms with van der Waals surface area (Å²) in [7, 11) is 0. The van der Waals surface area contributed by atoms with Crippen LogP contribution in [-0.4, -0.2) is 48.7 Å². The standard InChI is InChI=1S/C26H24F6N2O2.C26H21F6NO3.2CH4/c1-16(33)11-23(35)34-25(15-17-5-3-2-4-6-17,18-7-9-20(27)10-8-18)19-12-21(28)14-22(13-19)36-26(31,32)24(29)30;1-16(34)11-23(35)33-25(15-17-5-3-2-4-6-17,18-7-9-20(27)10-8-18)19-12-21(28)14-22(13-19)36-26(31,32)24(29)30;;/h2-10,12-14,16,24H,11,15,33H2,1H3,(H,34,35);2-10,12-14,24H,11,15H2,1H3,(H,33,35);2*1H4/t16?,25-;25-;;/m11../s1. The first-order valence-corrected chi connectivity index (χ1v) is 21.6. The molecule has 74 heavy (non-hydrogen) atoms. The first-order chi connectivity index (χ1) is 33.8. The van der Waals surface area contributed by atoms with Crippen molar-refractivity contribution in [3.05, 3.63) is 202 Å². The summed E-state index contributed by atoms with van der Waals surface area (Å²) < 4.78 is 171. The maximum atomic E-state index is 14.7. The molecule has 2 amide bonds. The third-order valence-corrected chi connectivity index (χ3v) is 10.7. The lowest BCUT2D eigenvalue weighted by Gasteiger charge is -2.37. The molecule has 4 N–H and O–H groups in total. The number of nitrogens with two attached hydrogens (primary N) is 1. The van der Waals surface area contributed by atoms with Crippen LogP contribution in [0.2, 0.25) is 0 Å². The molecule has 8 nitrogen and oxygen atoms in total. The molecule has 6 aromatic carbocycles. The van der Waals surface area contributed by atoms with Gasteiger partial charge >= 0.3 is 25.1 Å². The van der Waals surface area contributed by atoms with E-state index in [4.69, 9.17) is 5.73 Å². The van der Waals surface area contributed by atoms with Crippen LogP contribution in [-0.2, 0) is 38.3 Å². The number of hydrogen-bond acceptors (Lipinski definition) is 6. The fourth-order valence-electron chi connectivity index (χ4n) is 7.62. The Morgan fingerprint density at radius 3 is 1.19 bits per heavy atom. The van der Waals surface area contributed by atoms with Gasteiger partial charge in [-0.2, -0.15) is 35.1 Å². The van der Waals surface area contributed by atoms with E-state index in [-0.39, 0.29) is 56.4 Å². The van der Waals surface area contributed by atoms with Crippen LogP contribution in [0.25, 0.3) is 0 Å². The molecule has 6 aromatic rings. The zero-order valence-corrected chi connectivity index (χ0v) is 38.1. The first kappa shape index (κ1) is 61.0. The number of benzene rings is 6. The molecule has 6 rings (SSSR count). The van der Waals surface area contributed by atoms with E-state index in [0.717, 1.165) is 48.5 Å². The largest absolute Gasteiger partial charge is 0.461 e. The minimum Gasteiger partial charge on any atom is -0.428 e. The monoisotopic (exact) mass is 1050 g/mol. The summed E-state index contributed by atoms with van der Waals surface area (Å²) in [4.78, 5) is 37.4. The number of ketones is 1. The van der Waals surface area contributed by atoms with Gasteiger partial charge in [0.25, 0.3) is 0 Å². The minimum atomic E-state index is -4.92. The smallest absolute Gasteiger partial charge is 0.428 e. The van der Waals surface area contributed by atoms with E-state index in [9.17, 15) is 67.1 Å². The molecule has 20 heteroatoms. The van der Waals surface area contributed by atoms with Crippen molar-refractivity contribution in [2.45, 2.75) is 96.6 Å². The van der Waals surface area contributed by atoms with E-state index >= 15 is 0 Å². The second-order valence-corrected chi connectivity index (χ2v) is 16.6. The van der Waals surface area contributed by atoms with Crippen LogP contribution in [0, 0.1) is 23.3 Å². The minimum absolute atomic E-state index is 0. The number of halogens is 12. The predicted octanol–water partition coefficient (Wildman–Crippen LogP) is 12.6. The zero-order valence-electron chi connectivity index (χ0n) is 38.1. The van der Waals surface area contributed by atoms with Gasteiger partial charge in [-0.05, 0) is 95.8 Å². The SMILES string of the molecule is C.C.CC(=O)CC(=O)N[C@](Cc1ccccc1)(c1ccc(F)cc1)c1cc(F)cc(OC(F)(F)C(F)F)c1.CC(N)CC(=O)N[C@](Cc1ccccc1)(c1ccc(F)cc1)c1cc(F)cc(OC(F)(F)C(F)F)c1. The van der Waals surface area contributed by atoms with E-state index in [0.29, 0.717) is 23.3 Å². The predicted molar refractivity (Wildman–Crippen MR) is 254 cm³/mol. The van der Waals surface area contributed by atoms with Gasteiger partial charge in [-0.15, -0.1) is 0 Å². The van der Waals surface area contributed by atoms with Crippen molar-refractivity contribution < 1.29 is 76.5 Å². The number of rotatable bonds is 20. The van der Waals surface area contributed by atoms with Gasteiger partial charge in [0.05, 0.1) is 17.5 Å². The lowest BCUT2D eigenvalue weighted by Crippen LogP contribution is -2.49. The van der Waals surface area contributed by atoms with Crippen LogP contribution >= 0.6 is 0 Å². The summed E-state index contributed by atoms with van der Waals surface area (Å²) in [6.07, 6.45) is -19.0. The maximum absolute atomic E-state index is 14.7. The number of nitrogens with one attached hydrogen (secondary N) is 2. The van der Waals surface area contributed by atoms with Crippen LogP contribution in [0.3, 0.4) is 0 Å². The lowest BCUT2D eigenvalue weighted by molar-refractivity contribution is -0.253. The molecule has 0 heterocycles. The average Bonchev–Trinajstić information content (AvgIpc) is 3.28. The van der Waals surface area contributed by atoms with Gasteiger partial charge in [0.1, 0.15) is 40.6 Å². The Kier molecular flexibility index (Phi) is 21.4. The molecular formula is C54H53F12N3O5. The van der Waals surface area contributed by atoms with Gasteiger partial charge in [0, 0.05) is 37.4 Å². The highest BCUT2D eigenvalue weighted by molar-refractivity contribution is 5.97. The van der Waals surface area contributed by atoms with Crippen molar-refractivity contribution in [2.24, 2.45) is 5.73 Å². The van der Waals surface area contributed by atoms with E-state index in [1.54, 1.807) is 67.6 Å². The van der Waals surface area contributed by atoms with E-state index < -0.39 is 101 Å². The molecule has 0 aliphatic carbocycles. The number of amides is 2. The molecule has 398 valence electrons. The fourth-order valence-corrected chi connectivity index (χ4v) is 7.62. The Bertz CT molecular complexity index is 2770. The molecule has 0 radical (unpaired) electrons. The van der Waals surface area contributed by atoms with Crippen molar-refractivity contribution >= 4 is 17.6 Å². The summed E-state index contributed by atoms with van der Waals surface area (Å²) in [5, 5.41) is 5.47. The van der Waals surface area contributed by atoms with Crippen molar-refractivity contribution in [1.29, 1.82) is 0 Å². The van der Waals surface area contributed by atoms with Crippen LogP contribution in [0.4, 0.5) is 52.7 Å². The molecule has 0 saturated carbocycles. The Balaban J connectivity index is 0.000000380. The van der Waals surface area contributed by atoms with Crippen molar-refractivity contribution in [1.82, 2.24) is 10.6 Å². The van der Waals surface area contributed by atoms with Gasteiger partial charge in [-0.1, -0.05) is 99.8 Å². The molecule has 0 fully saturated rings. The molecule has 0 aromatic heterocycles. The zero-order chi connectivity index (χ0) is 53.0. The van der Waals surface area contributed by atoms with Gasteiger partial charge in [0.15, 0.2) is 0 Å². The average molecular weight is 1050 g/mol. The van der Waals surface area contributed by atoms with Crippen molar-refractivity contribution in [3.63, 3.8) is 0 Å². The Morgan fingerprint density at radius 2 is 0.865 bits per heavy atom. The van der Waals surface area contributed by atoms with E-state index in [1.165, 1.54) is 31.2 Å². The first-order valence-electron chi connectivity index (χ1n) is 21.6. The molecule has 0 bridgehead atoms. The Labute approximate surface area is 419 Å². The number of carbonyl (C=O) groups excluding carboxylic acids is 3. The number of carbonyl (C=O) groups is 3. The summed E-state index contributed by atoms with van der Waals surface area (Å²) in [5.41, 5.74) is 3.88. The summed E-state index contributed by atoms with van der Waals surface area (Å²) in [6.45, 7) is 2.77. The Morgan fingerprint density at radius 1 is 0.514 bits per heavy atom. The number of ether oxygens (including phenoxy) is 2. The van der Waals surface area contributed by atoms with Crippen molar-refractivity contribution in [2.75, 3.05) is 0 Å². The third-order valence-electron chi connectivity index (χ3n) is 10.7. The molecule has 0 aliphatic rings. The second kappa shape index (κ2) is 26.0. The maximum Gasteiger partial charge on any atom is 0.461 e. The third kappa shape index (κ3) is 16.3. The number of alkyl halides is 8. The summed E-state index contributed by atoms with van der Waals surface area (Å²) >= 11 is 0. The van der Waals surface area contributed by atoms with E-state index in [2.05, 4.69) is 20.1 Å². The van der Waals surface area contributed by atoms with Crippen LogP contribution in [0.15, 0.2) is 146 Å². The second-order valence-electron chi connectivity index (χ2n) is 16.6. The van der Waals surface area contributed by atoms with Gasteiger partial charge in [-0.25, -0.2) is 17.6 Å². The lowest BCUT2D eigenvalue weighted by atomic mass is 9.77. The normalized spacial score (nSPS) is 13.4. The van der Waals surface area contributed by atoms with E-state index in [1.807, 2.05) is 0 Å². The number of hydrogen-bond donors (Lipinski definition) is 3.